The molecule has 1 fully saturated rings. The Morgan fingerprint density at radius 1 is 0.659 bits per heavy atom. The van der Waals surface area contributed by atoms with Gasteiger partial charge >= 0.3 is 11.9 Å². The van der Waals surface area contributed by atoms with Gasteiger partial charge in [-0.15, -0.1) is 0 Å². The van der Waals surface area contributed by atoms with Gasteiger partial charge in [0.15, 0.2) is 12.4 Å². The standard InChI is InChI=1S/C31H58O10/c1-3-5-7-9-11-13-15-17-19-26(33)38-22-24(40-27(34)20-18-16-14-12-10-8-6-4-2)23-39-31-30(37)29(36)28(35)25(21-32)41-31/h24-25,28-32,35-37H,3-23H2,1-2H3/t24-,25-,28+,29+,30-,31-/m1/s1. The summed E-state index contributed by atoms with van der Waals surface area (Å²) in [5.41, 5.74) is 0. The van der Waals surface area contributed by atoms with Gasteiger partial charge in [-0.25, -0.2) is 0 Å². The van der Waals surface area contributed by atoms with Crippen molar-refractivity contribution in [1.82, 2.24) is 0 Å². The number of carbonyl (C=O) groups is 2. The highest BCUT2D eigenvalue weighted by atomic mass is 16.7. The van der Waals surface area contributed by atoms with Crippen molar-refractivity contribution in [3.05, 3.63) is 0 Å². The molecule has 0 aromatic heterocycles. The van der Waals surface area contributed by atoms with E-state index in [1.54, 1.807) is 0 Å². The first-order valence-electron chi connectivity index (χ1n) is 16.1. The maximum Gasteiger partial charge on any atom is 0.306 e. The summed E-state index contributed by atoms with van der Waals surface area (Å²) < 4.78 is 21.8. The number of aliphatic hydroxyl groups excluding tert-OH is 4. The van der Waals surface area contributed by atoms with E-state index in [0.717, 1.165) is 38.5 Å². The SMILES string of the molecule is CCCCCCCCCCC(=O)OC[C@H](CO[C@@H]1O[C@H](CO)[C@H](O)[C@H](O)[C@H]1O)OC(=O)CCCCCCCCCC. The van der Waals surface area contributed by atoms with E-state index >= 15 is 0 Å². The first-order chi connectivity index (χ1) is 19.8. The Kier molecular flexibility index (Phi) is 22.2. The van der Waals surface area contributed by atoms with Crippen molar-refractivity contribution < 1.29 is 49.0 Å². The van der Waals surface area contributed by atoms with Crippen molar-refractivity contribution in [2.24, 2.45) is 0 Å². The van der Waals surface area contributed by atoms with E-state index in [2.05, 4.69) is 13.8 Å². The molecule has 1 saturated heterocycles. The lowest BCUT2D eigenvalue weighted by Gasteiger charge is -2.39. The summed E-state index contributed by atoms with van der Waals surface area (Å²) in [5, 5.41) is 39.6. The van der Waals surface area contributed by atoms with E-state index in [-0.39, 0.29) is 32.0 Å². The van der Waals surface area contributed by atoms with Crippen molar-refractivity contribution in [3.63, 3.8) is 0 Å². The van der Waals surface area contributed by atoms with Crippen LogP contribution >= 0.6 is 0 Å². The molecule has 0 aromatic carbocycles. The summed E-state index contributed by atoms with van der Waals surface area (Å²) in [5.74, 6) is -0.814. The molecule has 6 atom stereocenters. The van der Waals surface area contributed by atoms with E-state index in [1.807, 2.05) is 0 Å². The zero-order valence-electron chi connectivity index (χ0n) is 25.6. The van der Waals surface area contributed by atoms with Gasteiger partial charge < -0.3 is 39.4 Å². The Labute approximate surface area is 247 Å². The topological polar surface area (TPSA) is 152 Å². The van der Waals surface area contributed by atoms with Gasteiger partial charge in [0.2, 0.25) is 0 Å². The molecule has 0 saturated carbocycles. The molecule has 0 unspecified atom stereocenters. The maximum atomic E-state index is 12.5. The van der Waals surface area contributed by atoms with Crippen LogP contribution in [0.5, 0.6) is 0 Å². The molecule has 242 valence electrons. The van der Waals surface area contributed by atoms with E-state index in [9.17, 15) is 30.0 Å². The highest BCUT2D eigenvalue weighted by Gasteiger charge is 2.44. The van der Waals surface area contributed by atoms with E-state index in [0.29, 0.717) is 6.42 Å². The fourth-order valence-electron chi connectivity index (χ4n) is 4.83. The van der Waals surface area contributed by atoms with Crippen molar-refractivity contribution in [1.29, 1.82) is 0 Å². The van der Waals surface area contributed by atoms with Crippen LogP contribution in [0.3, 0.4) is 0 Å². The van der Waals surface area contributed by atoms with Gasteiger partial charge in [0.25, 0.3) is 0 Å². The minimum atomic E-state index is -1.58. The second kappa shape index (κ2) is 24.2. The predicted molar refractivity (Wildman–Crippen MR) is 155 cm³/mol. The number of hydrogen-bond acceptors (Lipinski definition) is 10. The number of esters is 2. The van der Waals surface area contributed by atoms with Gasteiger partial charge in [-0.1, -0.05) is 104 Å². The summed E-state index contributed by atoms with van der Waals surface area (Å²) in [6.45, 7) is 3.31. The zero-order chi connectivity index (χ0) is 30.3. The third-order valence-electron chi connectivity index (χ3n) is 7.49. The van der Waals surface area contributed by atoms with Crippen molar-refractivity contribution in [3.8, 4) is 0 Å². The number of rotatable bonds is 25. The van der Waals surface area contributed by atoms with Crippen LogP contribution < -0.4 is 0 Å². The highest BCUT2D eigenvalue weighted by molar-refractivity contribution is 5.70. The van der Waals surface area contributed by atoms with Crippen LogP contribution in [0, 0.1) is 0 Å². The normalized spacial score (nSPS) is 23.3. The average molecular weight is 591 g/mol. The molecule has 1 heterocycles. The van der Waals surface area contributed by atoms with Gasteiger partial charge in [-0.05, 0) is 12.8 Å². The molecule has 10 nitrogen and oxygen atoms in total. The van der Waals surface area contributed by atoms with Gasteiger partial charge in [-0.2, -0.15) is 0 Å². The summed E-state index contributed by atoms with van der Waals surface area (Å²) in [4.78, 5) is 24.8. The molecule has 41 heavy (non-hydrogen) atoms. The van der Waals surface area contributed by atoms with Crippen molar-refractivity contribution in [2.75, 3.05) is 19.8 Å². The lowest BCUT2D eigenvalue weighted by atomic mass is 9.99. The third kappa shape index (κ3) is 17.4. The molecule has 0 aliphatic carbocycles. The van der Waals surface area contributed by atoms with Crippen molar-refractivity contribution in [2.45, 2.75) is 166 Å². The lowest BCUT2D eigenvalue weighted by Crippen LogP contribution is -2.59. The Bertz CT molecular complexity index is 659. The Morgan fingerprint density at radius 3 is 1.66 bits per heavy atom. The van der Waals surface area contributed by atoms with Gasteiger partial charge in [0, 0.05) is 12.8 Å². The Hall–Kier alpha value is -1.30. The molecular formula is C31H58O10. The maximum absolute atomic E-state index is 12.5. The molecule has 1 rings (SSSR count). The van der Waals surface area contributed by atoms with Gasteiger partial charge in [0.05, 0.1) is 13.2 Å². The first kappa shape index (κ1) is 37.7. The van der Waals surface area contributed by atoms with Crippen molar-refractivity contribution >= 4 is 11.9 Å². The lowest BCUT2D eigenvalue weighted by molar-refractivity contribution is -0.305. The summed E-state index contributed by atoms with van der Waals surface area (Å²) in [6, 6.07) is 0. The molecule has 0 bridgehead atoms. The number of aliphatic hydroxyl groups is 4. The number of ether oxygens (including phenoxy) is 4. The predicted octanol–water partition coefficient (Wildman–Crippen LogP) is 4.32. The molecule has 0 spiro atoms. The molecule has 1 aliphatic rings. The number of carbonyl (C=O) groups excluding carboxylic acids is 2. The average Bonchev–Trinajstić information content (AvgIpc) is 2.96. The van der Waals surface area contributed by atoms with E-state index in [1.165, 1.54) is 57.8 Å². The van der Waals surface area contributed by atoms with Crippen LogP contribution in [-0.4, -0.2) is 89.0 Å². The third-order valence-corrected chi connectivity index (χ3v) is 7.49. The summed E-state index contributed by atoms with van der Waals surface area (Å²) >= 11 is 0. The van der Waals surface area contributed by atoms with Crippen LogP contribution in [0.4, 0.5) is 0 Å². The van der Waals surface area contributed by atoms with Crippen LogP contribution in [0.1, 0.15) is 129 Å². The zero-order valence-corrected chi connectivity index (χ0v) is 25.6. The minimum Gasteiger partial charge on any atom is -0.462 e. The molecule has 10 heteroatoms. The molecular weight excluding hydrogens is 532 g/mol. The van der Waals surface area contributed by atoms with Gasteiger partial charge in [0.1, 0.15) is 31.0 Å². The second-order valence-corrected chi connectivity index (χ2v) is 11.3. The smallest absolute Gasteiger partial charge is 0.306 e. The quantitative estimate of drug-likeness (QED) is 0.0893. The van der Waals surface area contributed by atoms with Crippen LogP contribution in [-0.2, 0) is 28.5 Å². The highest BCUT2D eigenvalue weighted by Crippen LogP contribution is 2.22. The second-order valence-electron chi connectivity index (χ2n) is 11.3. The molecule has 1 aliphatic heterocycles. The number of unbranched alkanes of at least 4 members (excludes halogenated alkanes) is 14. The fraction of sp³-hybridized carbons (Fsp3) is 0.935. The first-order valence-corrected chi connectivity index (χ1v) is 16.1. The Balaban J connectivity index is 2.49. The summed E-state index contributed by atoms with van der Waals surface area (Å²) in [7, 11) is 0. The monoisotopic (exact) mass is 590 g/mol. The minimum absolute atomic E-state index is 0.212. The van der Waals surface area contributed by atoms with E-state index < -0.39 is 49.4 Å². The molecule has 0 aromatic rings. The molecule has 4 N–H and O–H groups in total. The summed E-state index contributed by atoms with van der Waals surface area (Å²) in [6.07, 6.45) is 10.1. The fourth-order valence-corrected chi connectivity index (χ4v) is 4.83. The van der Waals surface area contributed by atoms with Crippen LogP contribution in [0.2, 0.25) is 0 Å². The van der Waals surface area contributed by atoms with Crippen LogP contribution in [0.15, 0.2) is 0 Å². The Morgan fingerprint density at radius 2 is 1.15 bits per heavy atom. The number of hydrogen-bond donors (Lipinski definition) is 4. The molecule has 0 amide bonds. The van der Waals surface area contributed by atoms with E-state index in [4.69, 9.17) is 18.9 Å². The van der Waals surface area contributed by atoms with Gasteiger partial charge in [-0.3, -0.25) is 9.59 Å². The largest absolute Gasteiger partial charge is 0.462 e. The molecule has 0 radical (unpaired) electrons. The van der Waals surface area contributed by atoms with Crippen LogP contribution in [0.25, 0.3) is 0 Å².